The number of halogens is 1. The van der Waals surface area contributed by atoms with Crippen molar-refractivity contribution in [2.24, 2.45) is 5.73 Å². The zero-order chi connectivity index (χ0) is 16.2. The third-order valence-electron chi connectivity index (χ3n) is 3.54. The van der Waals surface area contributed by atoms with Crippen LogP contribution in [0.5, 0.6) is 0 Å². The predicted molar refractivity (Wildman–Crippen MR) is 91.4 cm³/mol. The minimum atomic E-state index is -3.67. The molecule has 0 saturated carbocycles. The molecule has 1 unspecified atom stereocenters. The Morgan fingerprint density at radius 3 is 2.55 bits per heavy atom. The van der Waals surface area contributed by atoms with Gasteiger partial charge in [-0.05, 0) is 18.6 Å². The van der Waals surface area contributed by atoms with Crippen molar-refractivity contribution >= 4 is 32.4 Å². The van der Waals surface area contributed by atoms with Gasteiger partial charge in [0.25, 0.3) is 0 Å². The van der Waals surface area contributed by atoms with Crippen molar-refractivity contribution in [2.75, 3.05) is 0 Å². The number of benzene rings is 2. The lowest BCUT2D eigenvalue weighted by Gasteiger charge is -2.15. The Morgan fingerprint density at radius 1 is 1.14 bits per heavy atom. The first kappa shape index (κ1) is 17.2. The molecular weight excluding hydrogens is 320 g/mol. The van der Waals surface area contributed by atoms with Crippen molar-refractivity contribution in [3.8, 4) is 0 Å². The fourth-order valence-electron chi connectivity index (χ4n) is 2.41. The van der Waals surface area contributed by atoms with E-state index in [2.05, 4.69) is 11.6 Å². The predicted octanol–water partition coefficient (Wildman–Crippen LogP) is 3.64. The van der Waals surface area contributed by atoms with Crippen LogP contribution in [0.25, 0.3) is 10.8 Å². The van der Waals surface area contributed by atoms with Crippen LogP contribution in [0.2, 0.25) is 5.02 Å². The maximum absolute atomic E-state index is 12.6. The summed E-state index contributed by atoms with van der Waals surface area (Å²) in [6.45, 7) is 2.09. The molecule has 0 aliphatic carbocycles. The highest BCUT2D eigenvalue weighted by Gasteiger charge is 2.20. The van der Waals surface area contributed by atoms with Gasteiger partial charge < -0.3 is 5.73 Å². The number of nitrogens with two attached hydrogens (primary N) is 1. The Morgan fingerprint density at radius 2 is 1.82 bits per heavy atom. The molecule has 2 aromatic rings. The van der Waals surface area contributed by atoms with Gasteiger partial charge in [0.1, 0.15) is 0 Å². The highest BCUT2D eigenvalue weighted by Crippen LogP contribution is 2.28. The lowest BCUT2D eigenvalue weighted by atomic mass is 10.1. The third-order valence-corrected chi connectivity index (χ3v) is 5.42. The topological polar surface area (TPSA) is 72.2 Å². The smallest absolute Gasteiger partial charge is 0.242 e. The van der Waals surface area contributed by atoms with E-state index < -0.39 is 16.2 Å². The monoisotopic (exact) mass is 340 g/mol. The Bertz CT molecular complexity index is 747. The molecule has 2 rings (SSSR count). The zero-order valence-corrected chi connectivity index (χ0v) is 14.1. The number of unbranched alkanes of at least 4 members (excludes halogenated alkanes) is 2. The van der Waals surface area contributed by atoms with Crippen LogP contribution in [0.15, 0.2) is 41.3 Å². The second-order valence-corrected chi connectivity index (χ2v) is 7.40. The quantitative estimate of drug-likeness (QED) is 0.597. The summed E-state index contributed by atoms with van der Waals surface area (Å²) in [5.74, 6) is 0. The van der Waals surface area contributed by atoms with Crippen LogP contribution >= 0.6 is 11.6 Å². The minimum Gasteiger partial charge on any atom is -0.315 e. The van der Waals surface area contributed by atoms with Gasteiger partial charge in [0.2, 0.25) is 10.0 Å². The number of hydrogen-bond acceptors (Lipinski definition) is 3. The van der Waals surface area contributed by atoms with Crippen molar-refractivity contribution < 1.29 is 8.42 Å². The molecule has 120 valence electrons. The summed E-state index contributed by atoms with van der Waals surface area (Å²) < 4.78 is 27.7. The molecule has 2 aromatic carbocycles. The van der Waals surface area contributed by atoms with Crippen molar-refractivity contribution in [1.29, 1.82) is 0 Å². The Kier molecular flexibility index (Phi) is 5.81. The highest BCUT2D eigenvalue weighted by atomic mass is 35.5. The van der Waals surface area contributed by atoms with Gasteiger partial charge in [0, 0.05) is 15.8 Å². The molecule has 0 saturated heterocycles. The average Bonchev–Trinajstić information content (AvgIpc) is 2.47. The normalized spacial score (nSPS) is 13.4. The number of hydrogen-bond donors (Lipinski definition) is 2. The van der Waals surface area contributed by atoms with Crippen LogP contribution in [0.3, 0.4) is 0 Å². The molecule has 0 amide bonds. The van der Waals surface area contributed by atoms with E-state index >= 15 is 0 Å². The first-order valence-electron chi connectivity index (χ1n) is 7.41. The number of fused-ring (bicyclic) bond motifs is 1. The molecule has 4 nitrogen and oxygen atoms in total. The SMILES string of the molecule is CCCCCC(N)NS(=O)(=O)c1cccc2c(Cl)cccc12. The Labute approximate surface area is 136 Å². The lowest BCUT2D eigenvalue weighted by Crippen LogP contribution is -2.41. The molecular formula is C16H21ClN2O2S. The van der Waals surface area contributed by atoms with Gasteiger partial charge in [-0.25, -0.2) is 8.42 Å². The van der Waals surface area contributed by atoms with E-state index in [0.29, 0.717) is 22.2 Å². The van der Waals surface area contributed by atoms with Crippen LogP contribution in [-0.4, -0.2) is 14.6 Å². The molecule has 0 fully saturated rings. The van der Waals surface area contributed by atoms with E-state index in [9.17, 15) is 8.42 Å². The highest BCUT2D eigenvalue weighted by molar-refractivity contribution is 7.89. The van der Waals surface area contributed by atoms with Crippen LogP contribution in [0.4, 0.5) is 0 Å². The Balaban J connectivity index is 2.28. The summed E-state index contributed by atoms with van der Waals surface area (Å²) in [5.41, 5.74) is 5.90. The lowest BCUT2D eigenvalue weighted by molar-refractivity contribution is 0.515. The third kappa shape index (κ3) is 3.98. The molecule has 0 aliphatic rings. The van der Waals surface area contributed by atoms with Gasteiger partial charge in [0.15, 0.2) is 0 Å². The molecule has 0 spiro atoms. The van der Waals surface area contributed by atoms with Crippen molar-refractivity contribution in [3.05, 3.63) is 41.4 Å². The van der Waals surface area contributed by atoms with Crippen LogP contribution < -0.4 is 10.5 Å². The maximum atomic E-state index is 12.6. The number of sulfonamides is 1. The largest absolute Gasteiger partial charge is 0.315 e. The summed E-state index contributed by atoms with van der Waals surface area (Å²) >= 11 is 6.13. The fourth-order valence-corrected chi connectivity index (χ4v) is 4.02. The van der Waals surface area contributed by atoms with Crippen molar-refractivity contribution in [2.45, 2.75) is 43.7 Å². The standard InChI is InChI=1S/C16H21ClN2O2S/c1-2-3-4-11-16(18)19-22(20,21)15-10-6-7-12-13(15)8-5-9-14(12)17/h5-10,16,19H,2-4,11,18H2,1H3. The number of rotatable bonds is 7. The molecule has 0 aliphatic heterocycles. The van der Waals surface area contributed by atoms with Gasteiger partial charge in [-0.1, -0.05) is 62.1 Å². The van der Waals surface area contributed by atoms with Gasteiger partial charge in [-0.3, -0.25) is 0 Å². The van der Waals surface area contributed by atoms with Gasteiger partial charge >= 0.3 is 0 Å². The number of nitrogens with one attached hydrogen (secondary N) is 1. The van der Waals surface area contributed by atoms with Crippen molar-refractivity contribution in [1.82, 2.24) is 4.72 Å². The maximum Gasteiger partial charge on any atom is 0.242 e. The van der Waals surface area contributed by atoms with Crippen LogP contribution in [-0.2, 0) is 10.0 Å². The van der Waals surface area contributed by atoms with E-state index in [1.165, 1.54) is 0 Å². The van der Waals surface area contributed by atoms with Crippen molar-refractivity contribution in [3.63, 3.8) is 0 Å². The molecule has 22 heavy (non-hydrogen) atoms. The van der Waals surface area contributed by atoms with Gasteiger partial charge in [-0.2, -0.15) is 4.72 Å². The van der Waals surface area contributed by atoms with Crippen LogP contribution in [0, 0.1) is 0 Å². The van der Waals surface area contributed by atoms with Crippen LogP contribution in [0.1, 0.15) is 32.6 Å². The molecule has 3 N–H and O–H groups in total. The summed E-state index contributed by atoms with van der Waals surface area (Å²) in [7, 11) is -3.67. The average molecular weight is 341 g/mol. The molecule has 6 heteroatoms. The molecule has 0 radical (unpaired) electrons. The first-order chi connectivity index (χ1) is 10.5. The van der Waals surface area contributed by atoms with Gasteiger partial charge in [-0.15, -0.1) is 0 Å². The van der Waals surface area contributed by atoms with E-state index in [4.69, 9.17) is 17.3 Å². The van der Waals surface area contributed by atoms with E-state index in [0.717, 1.165) is 19.3 Å². The van der Waals surface area contributed by atoms with Gasteiger partial charge in [0.05, 0.1) is 11.1 Å². The molecule has 0 aromatic heterocycles. The molecule has 0 heterocycles. The summed E-state index contributed by atoms with van der Waals surface area (Å²) in [6, 6.07) is 10.3. The molecule has 0 bridgehead atoms. The fraction of sp³-hybridized carbons (Fsp3) is 0.375. The van der Waals surface area contributed by atoms with E-state index in [1.807, 2.05) is 0 Å². The summed E-state index contributed by atoms with van der Waals surface area (Å²) in [4.78, 5) is 0.207. The Hall–Kier alpha value is -1.14. The summed E-state index contributed by atoms with van der Waals surface area (Å²) in [5, 5.41) is 1.84. The van der Waals surface area contributed by atoms with E-state index in [1.54, 1.807) is 36.4 Å². The summed E-state index contributed by atoms with van der Waals surface area (Å²) in [6.07, 6.45) is 3.06. The first-order valence-corrected chi connectivity index (χ1v) is 9.27. The van der Waals surface area contributed by atoms with E-state index in [-0.39, 0.29) is 4.90 Å². The molecule has 1 atom stereocenters. The second-order valence-electron chi connectivity index (χ2n) is 5.31. The minimum absolute atomic E-state index is 0.207. The zero-order valence-electron chi connectivity index (χ0n) is 12.5. The second kappa shape index (κ2) is 7.42.